The van der Waals surface area contributed by atoms with Crippen LogP contribution in [-0.4, -0.2) is 34.2 Å². The number of benzene rings is 1. The second kappa shape index (κ2) is 11.3. The smallest absolute Gasteiger partial charge is 0.0932 e. The summed E-state index contributed by atoms with van der Waals surface area (Å²) in [6.45, 7) is 7.01. The zero-order valence-electron chi connectivity index (χ0n) is 17.9. The first-order chi connectivity index (χ1) is 13.8. The number of likely N-dealkylation sites (tertiary alicyclic amines) is 1. The minimum Gasteiger partial charge on any atom is -0.301 e. The van der Waals surface area contributed by atoms with E-state index in [1.807, 2.05) is 0 Å². The lowest BCUT2D eigenvalue weighted by Gasteiger charge is -2.22. The highest BCUT2D eigenvalue weighted by Crippen LogP contribution is 2.24. The zero-order valence-corrected chi connectivity index (χ0v) is 17.9. The summed E-state index contributed by atoms with van der Waals surface area (Å²) in [6.07, 6.45) is 12.7. The van der Waals surface area contributed by atoms with Crippen molar-refractivity contribution in [3.05, 3.63) is 47.7 Å². The molecule has 3 nitrogen and oxygen atoms in total. The molecule has 0 aliphatic carbocycles. The molecule has 0 N–H and O–H groups in total. The van der Waals surface area contributed by atoms with Gasteiger partial charge in [-0.25, -0.2) is 0 Å². The van der Waals surface area contributed by atoms with Crippen molar-refractivity contribution in [3.8, 4) is 11.3 Å². The largest absolute Gasteiger partial charge is 0.301 e. The number of unbranched alkanes of at least 4 members (excludes halogenated alkanes) is 4. The quantitative estimate of drug-likeness (QED) is 0.443. The average molecular weight is 380 g/mol. The summed E-state index contributed by atoms with van der Waals surface area (Å²) in [5.41, 5.74) is 4.84. The molecule has 3 heteroatoms. The molecule has 0 bridgehead atoms. The Labute approximate surface area is 171 Å². The molecule has 28 heavy (non-hydrogen) atoms. The Balaban J connectivity index is 1.69. The molecule has 1 atom stereocenters. The minimum absolute atomic E-state index is 0.734. The van der Waals surface area contributed by atoms with Gasteiger partial charge >= 0.3 is 0 Å². The third-order valence-corrected chi connectivity index (χ3v) is 6.20. The standard InChI is InChI=1S/C25H37N3/c1-3-5-6-7-9-15-22-20-25(21-13-10-8-11-14-21)27-26-24(22)18-17-23-16-12-19-28(23)4-2/h8,10-11,13-14,20,23H,3-7,9,12,15-19H2,1-2H3. The third kappa shape index (κ3) is 5.88. The zero-order chi connectivity index (χ0) is 19.6. The van der Waals surface area contributed by atoms with Gasteiger partial charge in [-0.15, -0.1) is 0 Å². The maximum atomic E-state index is 4.71. The molecule has 1 saturated heterocycles. The van der Waals surface area contributed by atoms with E-state index in [1.165, 1.54) is 81.3 Å². The van der Waals surface area contributed by atoms with E-state index in [4.69, 9.17) is 5.10 Å². The van der Waals surface area contributed by atoms with Gasteiger partial charge in [0, 0.05) is 11.6 Å². The molecule has 1 aliphatic heterocycles. The Morgan fingerprint density at radius 2 is 1.79 bits per heavy atom. The van der Waals surface area contributed by atoms with Crippen molar-refractivity contribution in [3.63, 3.8) is 0 Å². The van der Waals surface area contributed by atoms with E-state index >= 15 is 0 Å². The normalized spacial score (nSPS) is 17.3. The van der Waals surface area contributed by atoms with Crippen molar-refractivity contribution in [2.75, 3.05) is 13.1 Å². The molecule has 0 saturated carbocycles. The minimum atomic E-state index is 0.734. The van der Waals surface area contributed by atoms with Gasteiger partial charge in [0.1, 0.15) is 0 Å². The van der Waals surface area contributed by atoms with E-state index in [0.717, 1.165) is 24.6 Å². The van der Waals surface area contributed by atoms with Crippen LogP contribution in [0.2, 0.25) is 0 Å². The van der Waals surface area contributed by atoms with Crippen LogP contribution >= 0.6 is 0 Å². The van der Waals surface area contributed by atoms with Crippen molar-refractivity contribution in [2.24, 2.45) is 0 Å². The maximum absolute atomic E-state index is 4.71. The number of nitrogens with zero attached hydrogens (tertiary/aromatic N) is 3. The number of hydrogen-bond donors (Lipinski definition) is 0. The van der Waals surface area contributed by atoms with E-state index < -0.39 is 0 Å². The molecule has 2 aromatic rings. The van der Waals surface area contributed by atoms with Gasteiger partial charge in [-0.3, -0.25) is 0 Å². The predicted molar refractivity (Wildman–Crippen MR) is 119 cm³/mol. The topological polar surface area (TPSA) is 29.0 Å². The first kappa shape index (κ1) is 21.0. The number of rotatable bonds is 11. The van der Waals surface area contributed by atoms with Crippen LogP contribution in [0.1, 0.15) is 76.5 Å². The summed E-state index contributed by atoms with van der Waals surface area (Å²) in [7, 11) is 0. The maximum Gasteiger partial charge on any atom is 0.0932 e. The van der Waals surface area contributed by atoms with Gasteiger partial charge in [0.15, 0.2) is 0 Å². The van der Waals surface area contributed by atoms with Crippen LogP contribution in [-0.2, 0) is 12.8 Å². The van der Waals surface area contributed by atoms with E-state index in [9.17, 15) is 0 Å². The van der Waals surface area contributed by atoms with Crippen LogP contribution in [0, 0.1) is 0 Å². The molecule has 2 heterocycles. The first-order valence-electron chi connectivity index (χ1n) is 11.5. The molecule has 1 unspecified atom stereocenters. The molecule has 152 valence electrons. The monoisotopic (exact) mass is 379 g/mol. The van der Waals surface area contributed by atoms with E-state index in [-0.39, 0.29) is 0 Å². The lowest BCUT2D eigenvalue weighted by Crippen LogP contribution is -2.29. The van der Waals surface area contributed by atoms with Crippen molar-refractivity contribution < 1.29 is 0 Å². The third-order valence-electron chi connectivity index (χ3n) is 6.20. The van der Waals surface area contributed by atoms with E-state index in [2.05, 4.69) is 60.2 Å². The summed E-state index contributed by atoms with van der Waals surface area (Å²) >= 11 is 0. The summed E-state index contributed by atoms with van der Waals surface area (Å²) in [6, 6.07) is 13.5. The van der Waals surface area contributed by atoms with Crippen LogP contribution in [0.4, 0.5) is 0 Å². The molecule has 1 aromatic carbocycles. The van der Waals surface area contributed by atoms with Crippen molar-refractivity contribution in [1.82, 2.24) is 15.1 Å². The SMILES string of the molecule is CCCCCCCc1cc(-c2ccccc2)nnc1CCC1CCCN1CC. The van der Waals surface area contributed by atoms with Gasteiger partial charge in [0.2, 0.25) is 0 Å². The van der Waals surface area contributed by atoms with Crippen LogP contribution in [0.25, 0.3) is 11.3 Å². The molecular formula is C25H37N3. The fourth-order valence-electron chi connectivity index (χ4n) is 4.49. The van der Waals surface area contributed by atoms with Crippen molar-refractivity contribution in [2.45, 2.75) is 84.1 Å². The Morgan fingerprint density at radius 3 is 2.57 bits per heavy atom. The number of hydrogen-bond acceptors (Lipinski definition) is 3. The molecule has 1 aliphatic rings. The first-order valence-corrected chi connectivity index (χ1v) is 11.5. The molecule has 0 amide bonds. The molecular weight excluding hydrogens is 342 g/mol. The van der Waals surface area contributed by atoms with Crippen LogP contribution < -0.4 is 0 Å². The summed E-state index contributed by atoms with van der Waals surface area (Å²) < 4.78 is 0. The van der Waals surface area contributed by atoms with E-state index in [0.29, 0.717) is 0 Å². The van der Waals surface area contributed by atoms with Gasteiger partial charge in [0.05, 0.1) is 11.4 Å². The fraction of sp³-hybridized carbons (Fsp3) is 0.600. The molecule has 0 spiro atoms. The van der Waals surface area contributed by atoms with Gasteiger partial charge < -0.3 is 4.90 Å². The average Bonchev–Trinajstić information content (AvgIpc) is 3.21. The summed E-state index contributed by atoms with van der Waals surface area (Å²) in [5, 5.41) is 9.30. The van der Waals surface area contributed by atoms with Crippen LogP contribution in [0.15, 0.2) is 36.4 Å². The molecule has 3 rings (SSSR count). The van der Waals surface area contributed by atoms with Crippen LogP contribution in [0.5, 0.6) is 0 Å². The Bertz CT molecular complexity index is 698. The molecule has 1 fully saturated rings. The lowest BCUT2D eigenvalue weighted by atomic mass is 9.98. The van der Waals surface area contributed by atoms with Crippen LogP contribution in [0.3, 0.4) is 0 Å². The van der Waals surface area contributed by atoms with Crippen molar-refractivity contribution in [1.29, 1.82) is 0 Å². The molecule has 1 aromatic heterocycles. The highest BCUT2D eigenvalue weighted by Gasteiger charge is 2.23. The number of aryl methyl sites for hydroxylation is 2. The second-order valence-electron chi connectivity index (χ2n) is 8.20. The van der Waals surface area contributed by atoms with Gasteiger partial charge in [-0.05, 0) is 63.2 Å². The summed E-state index contributed by atoms with van der Waals surface area (Å²) in [4.78, 5) is 2.64. The second-order valence-corrected chi connectivity index (χ2v) is 8.20. The molecule has 0 radical (unpaired) electrons. The number of aromatic nitrogens is 2. The van der Waals surface area contributed by atoms with Gasteiger partial charge in [-0.1, -0.05) is 69.9 Å². The van der Waals surface area contributed by atoms with E-state index in [1.54, 1.807) is 0 Å². The Kier molecular flexibility index (Phi) is 8.47. The fourth-order valence-corrected chi connectivity index (χ4v) is 4.49. The summed E-state index contributed by atoms with van der Waals surface area (Å²) in [5.74, 6) is 0. The lowest BCUT2D eigenvalue weighted by molar-refractivity contribution is 0.255. The predicted octanol–water partition coefficient (Wildman–Crippen LogP) is 6.07. The Hall–Kier alpha value is -1.74. The van der Waals surface area contributed by atoms with Gasteiger partial charge in [0.25, 0.3) is 0 Å². The Morgan fingerprint density at radius 1 is 0.964 bits per heavy atom. The van der Waals surface area contributed by atoms with Crippen molar-refractivity contribution >= 4 is 0 Å². The van der Waals surface area contributed by atoms with Gasteiger partial charge in [-0.2, -0.15) is 10.2 Å². The highest BCUT2D eigenvalue weighted by atomic mass is 15.2. The highest BCUT2D eigenvalue weighted by molar-refractivity contribution is 5.59.